The Bertz CT molecular complexity index is 537. The van der Waals surface area contributed by atoms with Crippen LogP contribution in [-0.4, -0.2) is 63.4 Å². The van der Waals surface area contributed by atoms with E-state index in [2.05, 4.69) is 40.5 Å². The van der Waals surface area contributed by atoms with Gasteiger partial charge in [-0.25, -0.2) is 0 Å². The number of carbonyl (C=O) groups is 1. The summed E-state index contributed by atoms with van der Waals surface area (Å²) in [5.74, 6) is 0.538. The number of piperidine rings is 1. The number of methoxy groups -OCH3 is 1. The second-order valence-corrected chi connectivity index (χ2v) is 7.08. The number of likely N-dealkylation sites (tertiary alicyclic amines) is 1. The molecule has 3 atom stereocenters. The van der Waals surface area contributed by atoms with Crippen LogP contribution < -0.4 is 5.32 Å². The molecule has 2 aliphatic rings. The second-order valence-electron chi connectivity index (χ2n) is 7.08. The van der Waals surface area contributed by atoms with Crippen LogP contribution in [0.1, 0.15) is 18.4 Å². The molecule has 0 aliphatic carbocycles. The maximum atomic E-state index is 12.6. The fraction of sp³-hybridized carbons (Fsp3) is 0.650. The van der Waals surface area contributed by atoms with E-state index in [1.807, 2.05) is 0 Å². The number of amides is 1. The van der Waals surface area contributed by atoms with Gasteiger partial charge in [-0.05, 0) is 24.8 Å². The lowest BCUT2D eigenvalue weighted by atomic mass is 9.79. The van der Waals surface area contributed by atoms with E-state index in [0.29, 0.717) is 25.7 Å². The minimum absolute atomic E-state index is 0.0649. The van der Waals surface area contributed by atoms with Gasteiger partial charge in [0.05, 0.1) is 12.7 Å². The van der Waals surface area contributed by atoms with Gasteiger partial charge in [0.25, 0.3) is 0 Å². The Hall–Kier alpha value is -1.43. The minimum atomic E-state index is 0.0649. The fourth-order valence-electron chi connectivity index (χ4n) is 4.05. The third kappa shape index (κ3) is 5.03. The number of fused-ring (bicyclic) bond motifs is 1. The molecular weight excluding hydrogens is 316 g/mol. The van der Waals surface area contributed by atoms with Crippen molar-refractivity contribution in [1.29, 1.82) is 0 Å². The van der Waals surface area contributed by atoms with Crippen molar-refractivity contribution in [3.63, 3.8) is 0 Å². The zero-order valence-electron chi connectivity index (χ0n) is 15.2. The van der Waals surface area contributed by atoms with Crippen molar-refractivity contribution >= 4 is 5.91 Å². The molecule has 2 aliphatic heterocycles. The molecule has 0 unspecified atom stereocenters. The first-order valence-electron chi connectivity index (χ1n) is 9.42. The summed E-state index contributed by atoms with van der Waals surface area (Å²) in [4.78, 5) is 15.1. The molecule has 0 bridgehead atoms. The van der Waals surface area contributed by atoms with Gasteiger partial charge < -0.3 is 19.7 Å². The molecule has 3 rings (SSSR count). The molecule has 2 fully saturated rings. The molecule has 0 saturated carbocycles. The minimum Gasteiger partial charge on any atom is -0.383 e. The predicted molar refractivity (Wildman–Crippen MR) is 97.4 cm³/mol. The second kappa shape index (κ2) is 9.32. The van der Waals surface area contributed by atoms with Gasteiger partial charge in [0, 0.05) is 51.7 Å². The number of ether oxygens (including phenoxy) is 2. The van der Waals surface area contributed by atoms with Crippen LogP contribution in [-0.2, 0) is 20.7 Å². The van der Waals surface area contributed by atoms with Crippen molar-refractivity contribution in [2.75, 3.05) is 46.5 Å². The third-order valence-electron chi connectivity index (χ3n) is 5.46. The van der Waals surface area contributed by atoms with Crippen LogP contribution in [0.2, 0.25) is 0 Å². The summed E-state index contributed by atoms with van der Waals surface area (Å²) in [7, 11) is 1.66. The van der Waals surface area contributed by atoms with Gasteiger partial charge in [-0.15, -0.1) is 0 Å². The summed E-state index contributed by atoms with van der Waals surface area (Å²) in [6.45, 7) is 4.92. The average Bonchev–Trinajstić information content (AvgIpc) is 2.66. The Labute approximate surface area is 150 Å². The summed E-state index contributed by atoms with van der Waals surface area (Å²) in [5, 5.41) is 3.02. The Morgan fingerprint density at radius 1 is 1.32 bits per heavy atom. The van der Waals surface area contributed by atoms with Gasteiger partial charge in [0.1, 0.15) is 0 Å². The van der Waals surface area contributed by atoms with Crippen molar-refractivity contribution in [1.82, 2.24) is 10.2 Å². The van der Waals surface area contributed by atoms with E-state index in [1.165, 1.54) is 5.56 Å². The number of hydrogen-bond acceptors (Lipinski definition) is 4. The van der Waals surface area contributed by atoms with E-state index < -0.39 is 0 Å². The molecule has 1 aromatic carbocycles. The monoisotopic (exact) mass is 346 g/mol. The summed E-state index contributed by atoms with van der Waals surface area (Å²) < 4.78 is 11.0. The molecular formula is C20H30N2O3. The Morgan fingerprint density at radius 2 is 2.16 bits per heavy atom. The van der Waals surface area contributed by atoms with Gasteiger partial charge in [0.2, 0.25) is 5.91 Å². The van der Waals surface area contributed by atoms with E-state index >= 15 is 0 Å². The lowest BCUT2D eigenvalue weighted by Gasteiger charge is -2.44. The summed E-state index contributed by atoms with van der Waals surface area (Å²) >= 11 is 0. The van der Waals surface area contributed by atoms with Crippen molar-refractivity contribution in [2.45, 2.75) is 25.4 Å². The van der Waals surface area contributed by atoms with Crippen molar-refractivity contribution in [3.05, 3.63) is 35.9 Å². The molecule has 0 aromatic heterocycles. The molecule has 2 saturated heterocycles. The van der Waals surface area contributed by atoms with E-state index in [-0.39, 0.29) is 17.9 Å². The first kappa shape index (κ1) is 18.4. The highest BCUT2D eigenvalue weighted by Gasteiger charge is 2.41. The van der Waals surface area contributed by atoms with Crippen molar-refractivity contribution in [2.24, 2.45) is 11.8 Å². The quantitative estimate of drug-likeness (QED) is 0.764. The maximum absolute atomic E-state index is 12.6. The number of nitrogens with zero attached hydrogens (tertiary/aromatic N) is 1. The Morgan fingerprint density at radius 3 is 2.96 bits per heavy atom. The van der Waals surface area contributed by atoms with E-state index in [4.69, 9.17) is 9.47 Å². The molecule has 0 radical (unpaired) electrons. The largest absolute Gasteiger partial charge is 0.383 e. The first-order chi connectivity index (χ1) is 12.3. The molecule has 5 heteroatoms. The number of carbonyl (C=O) groups excluding carboxylic acids is 1. The lowest BCUT2D eigenvalue weighted by molar-refractivity contribution is -0.141. The van der Waals surface area contributed by atoms with Gasteiger partial charge >= 0.3 is 0 Å². The van der Waals surface area contributed by atoms with Crippen molar-refractivity contribution in [3.8, 4) is 0 Å². The molecule has 1 aromatic rings. The molecule has 138 valence electrons. The van der Waals surface area contributed by atoms with Crippen molar-refractivity contribution < 1.29 is 14.3 Å². The molecule has 2 heterocycles. The highest BCUT2D eigenvalue weighted by atomic mass is 16.5. The highest BCUT2D eigenvalue weighted by Crippen LogP contribution is 2.33. The third-order valence-corrected chi connectivity index (χ3v) is 5.46. The predicted octanol–water partition coefficient (Wildman–Crippen LogP) is 1.72. The number of hydrogen-bond donors (Lipinski definition) is 1. The summed E-state index contributed by atoms with van der Waals surface area (Å²) in [5.41, 5.74) is 1.37. The smallest absolute Gasteiger partial charge is 0.223 e. The summed E-state index contributed by atoms with van der Waals surface area (Å²) in [6.07, 6.45) is 3.15. The van der Waals surface area contributed by atoms with Gasteiger partial charge in [0.15, 0.2) is 0 Å². The molecule has 0 spiro atoms. The van der Waals surface area contributed by atoms with E-state index in [1.54, 1.807) is 7.11 Å². The Balaban J connectivity index is 1.54. The Kier molecular flexibility index (Phi) is 6.84. The van der Waals surface area contributed by atoms with Gasteiger partial charge in [-0.3, -0.25) is 4.79 Å². The number of rotatable bonds is 7. The number of nitrogens with one attached hydrogen (secondary N) is 1. The maximum Gasteiger partial charge on any atom is 0.223 e. The lowest BCUT2D eigenvalue weighted by Crippen LogP contribution is -2.53. The SMILES string of the molecule is COCCNC(=O)[C@@H]1CCO[C@@H]2CCN(CCc3ccccc3)C[C@@H]21. The van der Waals surface area contributed by atoms with E-state index in [9.17, 15) is 4.79 Å². The molecule has 1 amide bonds. The first-order valence-corrected chi connectivity index (χ1v) is 9.42. The van der Waals surface area contributed by atoms with Crippen LogP contribution >= 0.6 is 0 Å². The number of benzene rings is 1. The van der Waals surface area contributed by atoms with Crippen LogP contribution in [0, 0.1) is 11.8 Å². The van der Waals surface area contributed by atoms with Gasteiger partial charge in [-0.2, -0.15) is 0 Å². The van der Waals surface area contributed by atoms with Crippen LogP contribution in [0.4, 0.5) is 0 Å². The summed E-state index contributed by atoms with van der Waals surface area (Å²) in [6, 6.07) is 10.6. The van der Waals surface area contributed by atoms with Crippen LogP contribution in [0.15, 0.2) is 30.3 Å². The standard InChI is InChI=1S/C20H30N2O3/c1-24-14-10-21-20(23)17-9-13-25-19-8-12-22(15-18(17)19)11-7-16-5-3-2-4-6-16/h2-6,17-19H,7-15H2,1H3,(H,21,23)/t17-,18-,19-/m1/s1. The topological polar surface area (TPSA) is 50.8 Å². The van der Waals surface area contributed by atoms with Crippen LogP contribution in [0.3, 0.4) is 0 Å². The zero-order chi connectivity index (χ0) is 17.5. The molecule has 5 nitrogen and oxygen atoms in total. The van der Waals surface area contributed by atoms with E-state index in [0.717, 1.165) is 38.9 Å². The van der Waals surface area contributed by atoms with Crippen LogP contribution in [0.5, 0.6) is 0 Å². The van der Waals surface area contributed by atoms with Gasteiger partial charge in [-0.1, -0.05) is 30.3 Å². The molecule has 25 heavy (non-hydrogen) atoms. The van der Waals surface area contributed by atoms with Crippen LogP contribution in [0.25, 0.3) is 0 Å². The zero-order valence-corrected chi connectivity index (χ0v) is 15.2. The normalized spacial score (nSPS) is 26.8. The fourth-order valence-corrected chi connectivity index (χ4v) is 4.05. The highest BCUT2D eigenvalue weighted by molar-refractivity contribution is 5.79. The average molecular weight is 346 g/mol. The molecule has 1 N–H and O–H groups in total.